The zero-order valence-corrected chi connectivity index (χ0v) is 16.3. The molecule has 5 rings (SSSR count). The largest absolute Gasteiger partial charge is 0.328 e. The first-order valence-corrected chi connectivity index (χ1v) is 9.84. The minimum atomic E-state index is -0.370. The summed E-state index contributed by atoms with van der Waals surface area (Å²) in [4.78, 5) is 17.5. The highest BCUT2D eigenvalue weighted by Gasteiger charge is 2.42. The molecule has 1 N–H and O–H groups in total. The van der Waals surface area contributed by atoms with Crippen molar-refractivity contribution in [2.24, 2.45) is 5.92 Å². The molecule has 5 nitrogen and oxygen atoms in total. The van der Waals surface area contributed by atoms with Crippen LogP contribution in [0.2, 0.25) is 10.0 Å². The van der Waals surface area contributed by atoms with Gasteiger partial charge >= 0.3 is 0 Å². The van der Waals surface area contributed by atoms with Gasteiger partial charge in [-0.3, -0.25) is 4.79 Å². The van der Waals surface area contributed by atoms with E-state index in [4.69, 9.17) is 28.3 Å². The number of hydrogen-bond donors (Lipinski definition) is 1. The summed E-state index contributed by atoms with van der Waals surface area (Å²) in [5, 5.41) is 9.12. The van der Waals surface area contributed by atoms with E-state index in [1.165, 1.54) is 0 Å². The number of carbonyl (C=O) groups is 1. The molecule has 0 fully saturated rings. The predicted molar refractivity (Wildman–Crippen MR) is 109 cm³/mol. The second-order valence-corrected chi connectivity index (χ2v) is 7.79. The number of ketones is 1. The Morgan fingerprint density at radius 1 is 1.11 bits per heavy atom. The van der Waals surface area contributed by atoms with Gasteiger partial charge in [0, 0.05) is 27.7 Å². The number of rotatable bonds is 2. The molecule has 0 radical (unpaired) electrons. The van der Waals surface area contributed by atoms with Gasteiger partial charge in [-0.15, -0.1) is 5.10 Å². The van der Waals surface area contributed by atoms with Crippen LogP contribution >= 0.6 is 23.2 Å². The predicted octanol–water partition coefficient (Wildman–Crippen LogP) is 5.13. The average Bonchev–Trinajstić information content (AvgIpc) is 3.12. The maximum Gasteiger partial charge on any atom is 0.226 e. The molecule has 2 heterocycles. The topological polar surface area (TPSA) is 59.8 Å². The Labute approximate surface area is 172 Å². The van der Waals surface area contributed by atoms with E-state index in [9.17, 15) is 4.79 Å². The van der Waals surface area contributed by atoms with Gasteiger partial charge in [-0.1, -0.05) is 65.7 Å². The van der Waals surface area contributed by atoms with Gasteiger partial charge in [0.25, 0.3) is 0 Å². The third kappa shape index (κ3) is 2.82. The Morgan fingerprint density at radius 3 is 2.71 bits per heavy atom. The summed E-state index contributed by atoms with van der Waals surface area (Å²) in [6.45, 7) is 0. The average molecular weight is 411 g/mol. The summed E-state index contributed by atoms with van der Waals surface area (Å²) in [7, 11) is 0. The summed E-state index contributed by atoms with van der Waals surface area (Å²) in [6, 6.07) is 14.8. The highest BCUT2D eigenvalue weighted by atomic mass is 35.5. The van der Waals surface area contributed by atoms with Gasteiger partial charge in [0.1, 0.15) is 5.78 Å². The van der Waals surface area contributed by atoms with Crippen molar-refractivity contribution in [3.63, 3.8) is 0 Å². The molecule has 0 amide bonds. The Morgan fingerprint density at radius 2 is 1.93 bits per heavy atom. The maximum absolute atomic E-state index is 12.9. The minimum Gasteiger partial charge on any atom is -0.328 e. The second-order valence-electron chi connectivity index (χ2n) is 6.95. The lowest BCUT2D eigenvalue weighted by atomic mass is 9.81. The molecule has 0 saturated carbocycles. The SMILES string of the molecule is O=C1CCC=C2Nc3nc(-c4ccccc4)nn3C(c3ccc(Cl)cc3Cl)C12. The molecule has 1 aliphatic heterocycles. The molecule has 2 aliphatic rings. The van der Waals surface area contributed by atoms with Crippen molar-refractivity contribution in [1.29, 1.82) is 0 Å². The molecule has 7 heteroatoms. The van der Waals surface area contributed by atoms with Crippen molar-refractivity contribution in [2.45, 2.75) is 18.9 Å². The molecule has 1 aliphatic carbocycles. The third-order valence-electron chi connectivity index (χ3n) is 5.22. The smallest absolute Gasteiger partial charge is 0.226 e. The molecule has 0 bridgehead atoms. The van der Waals surface area contributed by atoms with Gasteiger partial charge in [0.2, 0.25) is 5.95 Å². The third-order valence-corrected chi connectivity index (χ3v) is 5.78. The van der Waals surface area contributed by atoms with Crippen molar-refractivity contribution in [3.05, 3.63) is 75.9 Å². The quantitative estimate of drug-likeness (QED) is 0.635. The Balaban J connectivity index is 1.71. The van der Waals surface area contributed by atoms with Crippen LogP contribution in [-0.2, 0) is 4.79 Å². The molecule has 1 aromatic heterocycles. The van der Waals surface area contributed by atoms with Crippen molar-refractivity contribution < 1.29 is 4.79 Å². The van der Waals surface area contributed by atoms with Crippen molar-refractivity contribution in [1.82, 2.24) is 14.8 Å². The van der Waals surface area contributed by atoms with E-state index in [2.05, 4.69) is 16.4 Å². The first kappa shape index (κ1) is 17.5. The van der Waals surface area contributed by atoms with E-state index in [-0.39, 0.29) is 17.7 Å². The first-order chi connectivity index (χ1) is 13.6. The molecule has 2 aromatic carbocycles. The van der Waals surface area contributed by atoms with Crippen LogP contribution in [0.5, 0.6) is 0 Å². The van der Waals surface area contributed by atoms with Crippen LogP contribution in [0.3, 0.4) is 0 Å². The number of allylic oxidation sites excluding steroid dienone is 2. The summed E-state index contributed by atoms with van der Waals surface area (Å²) >= 11 is 12.6. The van der Waals surface area contributed by atoms with E-state index in [0.717, 1.165) is 23.2 Å². The normalized spacial score (nSPS) is 20.8. The molecule has 0 saturated heterocycles. The van der Waals surface area contributed by atoms with E-state index >= 15 is 0 Å². The Hall–Kier alpha value is -2.63. The van der Waals surface area contributed by atoms with Crippen LogP contribution < -0.4 is 5.32 Å². The molecule has 2 unspecified atom stereocenters. The number of aromatic nitrogens is 3. The Kier molecular flexibility index (Phi) is 4.22. The van der Waals surface area contributed by atoms with E-state index in [1.807, 2.05) is 36.4 Å². The van der Waals surface area contributed by atoms with Crippen LogP contribution in [-0.4, -0.2) is 20.5 Å². The molecule has 28 heavy (non-hydrogen) atoms. The Bertz CT molecular complexity index is 1110. The number of halogens is 2. The number of hydrogen-bond acceptors (Lipinski definition) is 4. The van der Waals surface area contributed by atoms with E-state index in [1.54, 1.807) is 16.8 Å². The van der Waals surface area contributed by atoms with Crippen LogP contribution in [0.25, 0.3) is 11.4 Å². The fourth-order valence-corrected chi connectivity index (χ4v) is 4.46. The number of benzene rings is 2. The monoisotopic (exact) mass is 410 g/mol. The van der Waals surface area contributed by atoms with Crippen LogP contribution in [0.15, 0.2) is 60.3 Å². The molecule has 2 atom stereocenters. The lowest BCUT2D eigenvalue weighted by Gasteiger charge is -2.36. The zero-order chi connectivity index (χ0) is 19.3. The van der Waals surface area contributed by atoms with Crippen LogP contribution in [0, 0.1) is 5.92 Å². The molecule has 0 spiro atoms. The van der Waals surface area contributed by atoms with Gasteiger partial charge in [0.15, 0.2) is 5.82 Å². The number of Topliss-reactive ketones (excluding diaryl/α,β-unsaturated/α-hetero) is 1. The number of nitrogens with one attached hydrogen (secondary N) is 1. The number of anilines is 1. The summed E-state index contributed by atoms with van der Waals surface area (Å²) in [6.07, 6.45) is 3.30. The zero-order valence-electron chi connectivity index (χ0n) is 14.8. The van der Waals surface area contributed by atoms with Gasteiger partial charge < -0.3 is 5.32 Å². The molecule has 3 aromatic rings. The van der Waals surface area contributed by atoms with Crippen molar-refractivity contribution in [3.8, 4) is 11.4 Å². The first-order valence-electron chi connectivity index (χ1n) is 9.08. The fourth-order valence-electron chi connectivity index (χ4n) is 3.94. The molecule has 140 valence electrons. The summed E-state index contributed by atoms with van der Waals surface area (Å²) in [5.41, 5.74) is 2.59. The lowest BCUT2D eigenvalue weighted by molar-refractivity contribution is -0.123. The van der Waals surface area contributed by atoms with Gasteiger partial charge in [-0.25, -0.2) is 4.68 Å². The maximum atomic E-state index is 12.9. The second kappa shape index (κ2) is 6.76. The van der Waals surface area contributed by atoms with E-state index in [0.29, 0.717) is 28.2 Å². The molecular formula is C21H16Cl2N4O. The summed E-state index contributed by atoms with van der Waals surface area (Å²) in [5.74, 6) is 1.01. The highest BCUT2D eigenvalue weighted by molar-refractivity contribution is 6.35. The van der Waals surface area contributed by atoms with E-state index < -0.39 is 0 Å². The minimum absolute atomic E-state index is 0.170. The van der Waals surface area contributed by atoms with Gasteiger partial charge in [0.05, 0.1) is 12.0 Å². The standard InChI is InChI=1S/C21H16Cl2N4O/c22-13-9-10-14(15(23)11-13)19-18-16(7-4-8-17(18)28)24-21-25-20(26-27(19)21)12-5-2-1-3-6-12/h1-3,5-7,9-11,18-19H,4,8H2,(H,24,25,26). The van der Waals surface area contributed by atoms with Gasteiger partial charge in [-0.2, -0.15) is 4.98 Å². The van der Waals surface area contributed by atoms with Crippen molar-refractivity contribution in [2.75, 3.05) is 5.32 Å². The van der Waals surface area contributed by atoms with Crippen LogP contribution in [0.4, 0.5) is 5.95 Å². The highest BCUT2D eigenvalue weighted by Crippen LogP contribution is 2.44. The number of carbonyl (C=O) groups excluding carboxylic acids is 1. The summed E-state index contributed by atoms with van der Waals surface area (Å²) < 4.78 is 1.78. The van der Waals surface area contributed by atoms with Crippen LogP contribution in [0.1, 0.15) is 24.4 Å². The number of fused-ring (bicyclic) bond motifs is 2. The number of nitrogens with zero attached hydrogens (tertiary/aromatic N) is 3. The fraction of sp³-hybridized carbons (Fsp3) is 0.190. The molecular weight excluding hydrogens is 395 g/mol. The van der Waals surface area contributed by atoms with Gasteiger partial charge in [-0.05, 0) is 24.1 Å². The lowest BCUT2D eigenvalue weighted by Crippen LogP contribution is -2.38. The van der Waals surface area contributed by atoms with Crippen molar-refractivity contribution >= 4 is 34.9 Å².